The smallest absolute Gasteiger partial charge is 0.246 e. The first-order valence-corrected chi connectivity index (χ1v) is 32.4. The van der Waals surface area contributed by atoms with Crippen molar-refractivity contribution >= 4 is 145 Å². The van der Waals surface area contributed by atoms with Gasteiger partial charge in [-0.3, -0.25) is 9.59 Å². The molecule has 1 aromatic heterocycles. The van der Waals surface area contributed by atoms with Crippen molar-refractivity contribution in [2.24, 2.45) is 0 Å². The van der Waals surface area contributed by atoms with Crippen molar-refractivity contribution in [2.75, 3.05) is 27.0 Å². The van der Waals surface area contributed by atoms with Gasteiger partial charge in [0.2, 0.25) is 31.9 Å². The van der Waals surface area contributed by atoms with Crippen LogP contribution in [0.3, 0.4) is 0 Å². The molecule has 0 aliphatic heterocycles. The van der Waals surface area contributed by atoms with Gasteiger partial charge >= 0.3 is 0 Å². The van der Waals surface area contributed by atoms with E-state index in [1.54, 1.807) is 74.8 Å². The topological polar surface area (TPSA) is 253 Å². The fraction of sp³-hybridized carbons (Fsp3) is 0.241. The van der Waals surface area contributed by atoms with Crippen molar-refractivity contribution in [3.63, 3.8) is 0 Å². The number of aliphatic hydroxyl groups excluding tert-OH is 1. The Kier molecular flexibility index (Phi) is 21.5. The van der Waals surface area contributed by atoms with E-state index >= 15 is 0 Å². The lowest BCUT2D eigenvalue weighted by Crippen LogP contribution is -2.40. The maximum atomic E-state index is 14.6. The monoisotopic (exact) mass is 1680 g/mol. The summed E-state index contributed by atoms with van der Waals surface area (Å²) in [5.74, 6) is 2.52. The Morgan fingerprint density at radius 1 is 0.734 bits per heavy atom. The number of rotatable bonds is 23. The number of carbonyl (C=O) groups is 2. The fourth-order valence-corrected chi connectivity index (χ4v) is 15.1. The standard InChI is InChI=1S/C54H51I5N4O14S2/c1-29-18-33(41(50(59)51(29)74-38-9-7-36(65)8-10-38)25-34-19-31(6-17-48(67)60-3)20-43(56)52(34)75-39-13-11-37(73-4)12-14-39)24-35(28-64)62-79(71,72)54-30(2)77-61-46(54)27-63(78(5,69)70)49(68)23-32-21-44(57)53(45(58)22-32)76-40-15-16-47(66)42(55)26-40/h7-16,18-22,26,35,62,64-66H,6,17,23-25,27-28H2,1-5H3,(H,60,67)/t35-/m0/s1. The average molecular weight is 1680 g/mol. The zero-order valence-corrected chi connectivity index (χ0v) is 55.1. The quantitative estimate of drug-likeness (QED) is 0.0373. The molecule has 0 unspecified atom stereocenters. The van der Waals surface area contributed by atoms with Crippen molar-refractivity contribution in [1.82, 2.24) is 19.5 Å². The molecule has 0 saturated heterocycles. The number of phenols is 2. The summed E-state index contributed by atoms with van der Waals surface area (Å²) < 4.78 is 92.2. The molecule has 7 aromatic rings. The molecular formula is C54H51I5N4O14S2. The Morgan fingerprint density at radius 2 is 1.32 bits per heavy atom. The van der Waals surface area contributed by atoms with Gasteiger partial charge in [0.25, 0.3) is 0 Å². The number of aliphatic hydroxyl groups is 1. The van der Waals surface area contributed by atoms with Crippen LogP contribution in [0.2, 0.25) is 0 Å². The van der Waals surface area contributed by atoms with Crippen molar-refractivity contribution in [2.45, 2.75) is 63.4 Å². The van der Waals surface area contributed by atoms with Crippen LogP contribution >= 0.6 is 113 Å². The number of aromatic hydroxyl groups is 2. The molecule has 0 aliphatic rings. The summed E-state index contributed by atoms with van der Waals surface area (Å²) >= 11 is 10.5. The van der Waals surface area contributed by atoms with Gasteiger partial charge in [-0.2, -0.15) is 0 Å². The molecular weight excluding hydrogens is 1630 g/mol. The Balaban J connectivity index is 1.21. The van der Waals surface area contributed by atoms with E-state index in [1.165, 1.54) is 25.1 Å². The SMILES string of the molecule is CNC(=O)CCc1cc(I)c(Oc2ccc(OC)cc2)c(Cc2c(C[C@@H](CO)NS(=O)(=O)c3c(CN(C(=O)Cc4cc(I)c(Oc5ccc(O)c(I)c5)c(I)c4)S(C)(=O)=O)noc3C)cc(C)c(Oc3ccc(O)cc3)c2I)c1. The summed E-state index contributed by atoms with van der Waals surface area (Å²) in [5, 5.41) is 37.6. The van der Waals surface area contributed by atoms with Crippen molar-refractivity contribution in [3.8, 4) is 51.7 Å². The third-order valence-electron chi connectivity index (χ3n) is 12.1. The molecule has 5 N–H and O–H groups in total. The molecule has 25 heteroatoms. The third-order valence-corrected chi connectivity index (χ3v) is 19.3. The van der Waals surface area contributed by atoms with Crippen molar-refractivity contribution in [3.05, 3.63) is 160 Å². The molecule has 6 aromatic carbocycles. The number of phenolic OH excluding ortho intramolecular Hbond substituents is 2. The number of ether oxygens (including phenoxy) is 4. The van der Waals surface area contributed by atoms with E-state index in [9.17, 15) is 41.7 Å². The summed E-state index contributed by atoms with van der Waals surface area (Å²) in [6.45, 7) is 1.68. The van der Waals surface area contributed by atoms with Gasteiger partial charge in [0.05, 0.1) is 50.8 Å². The van der Waals surface area contributed by atoms with E-state index in [0.717, 1.165) is 21.0 Å². The van der Waals surface area contributed by atoms with Gasteiger partial charge in [-0.15, -0.1) is 0 Å². The molecule has 0 bridgehead atoms. The number of aryl methyl sites for hydroxylation is 3. The molecule has 418 valence electrons. The Labute approximate surface area is 525 Å². The number of sulfonamides is 2. The first kappa shape index (κ1) is 62.3. The maximum absolute atomic E-state index is 14.6. The van der Waals surface area contributed by atoms with Crippen LogP contribution in [-0.2, 0) is 61.9 Å². The van der Waals surface area contributed by atoms with Gasteiger partial charge in [0.1, 0.15) is 56.6 Å². The summed E-state index contributed by atoms with van der Waals surface area (Å²) in [7, 11) is -5.89. The summed E-state index contributed by atoms with van der Waals surface area (Å²) in [4.78, 5) is 25.9. The molecule has 0 radical (unpaired) electrons. The number of nitrogens with one attached hydrogen (secondary N) is 2. The maximum Gasteiger partial charge on any atom is 0.246 e. The highest BCUT2D eigenvalue weighted by Gasteiger charge is 2.34. The minimum absolute atomic E-state index is 0.0505. The van der Waals surface area contributed by atoms with E-state index in [0.29, 0.717) is 87.5 Å². The van der Waals surface area contributed by atoms with Gasteiger partial charge in [0, 0.05) is 31.5 Å². The van der Waals surface area contributed by atoms with E-state index in [1.807, 2.05) is 92.9 Å². The van der Waals surface area contributed by atoms with Crippen LogP contribution in [0.1, 0.15) is 51.3 Å². The van der Waals surface area contributed by atoms with Crippen LogP contribution in [0.15, 0.2) is 106 Å². The van der Waals surface area contributed by atoms with Crippen molar-refractivity contribution < 1.29 is 65.2 Å². The van der Waals surface area contributed by atoms with E-state index in [2.05, 4.69) is 60.4 Å². The lowest BCUT2D eigenvalue weighted by atomic mass is 9.92. The average Bonchev–Trinajstić information content (AvgIpc) is 3.91. The minimum Gasteiger partial charge on any atom is -0.508 e. The van der Waals surface area contributed by atoms with Crippen LogP contribution in [-0.4, -0.2) is 86.5 Å². The Bertz CT molecular complexity index is 3620. The predicted molar refractivity (Wildman–Crippen MR) is 338 cm³/mol. The molecule has 1 heterocycles. The summed E-state index contributed by atoms with van der Waals surface area (Å²) in [6.07, 6.45) is 1.19. The number of hydrogen-bond acceptors (Lipinski definition) is 15. The molecule has 0 fully saturated rings. The number of nitrogens with zero attached hydrogens (tertiary/aromatic N) is 2. The fourth-order valence-electron chi connectivity index (χ4n) is 8.25. The number of carbonyl (C=O) groups excluding carboxylic acids is 2. The highest BCUT2D eigenvalue weighted by molar-refractivity contribution is 14.1. The van der Waals surface area contributed by atoms with Crippen LogP contribution in [0.4, 0.5) is 0 Å². The molecule has 0 aliphatic carbocycles. The highest BCUT2D eigenvalue weighted by atomic mass is 127. The zero-order valence-electron chi connectivity index (χ0n) is 42.7. The van der Waals surface area contributed by atoms with Crippen molar-refractivity contribution in [1.29, 1.82) is 0 Å². The molecule has 18 nitrogen and oxygen atoms in total. The molecule has 0 spiro atoms. The zero-order chi connectivity index (χ0) is 57.5. The predicted octanol–water partition coefficient (Wildman–Crippen LogP) is 10.8. The highest BCUT2D eigenvalue weighted by Crippen LogP contribution is 2.41. The number of methoxy groups -OCH3 is 1. The second-order valence-electron chi connectivity index (χ2n) is 17.9. The second-order valence-corrected chi connectivity index (χ2v) is 27.2. The Morgan fingerprint density at radius 3 is 1.92 bits per heavy atom. The summed E-state index contributed by atoms with van der Waals surface area (Å²) in [6, 6.07) is 26.0. The number of benzene rings is 6. The minimum atomic E-state index is -4.69. The van der Waals surface area contributed by atoms with Crippen LogP contribution in [0.25, 0.3) is 0 Å². The molecule has 2 amide bonds. The van der Waals surface area contributed by atoms with Gasteiger partial charge in [0.15, 0.2) is 11.5 Å². The van der Waals surface area contributed by atoms with Crippen LogP contribution in [0.5, 0.6) is 51.7 Å². The van der Waals surface area contributed by atoms with E-state index in [4.69, 9.17) is 23.5 Å². The van der Waals surface area contributed by atoms with Gasteiger partial charge in [-0.1, -0.05) is 17.3 Å². The molecule has 0 saturated carbocycles. The molecule has 1 atom stereocenters. The lowest BCUT2D eigenvalue weighted by Gasteiger charge is -2.24. The lowest BCUT2D eigenvalue weighted by molar-refractivity contribution is -0.126. The first-order valence-electron chi connectivity index (χ1n) is 23.7. The number of amides is 2. The third kappa shape index (κ3) is 16.1. The van der Waals surface area contributed by atoms with Crippen LogP contribution < -0.4 is 29.0 Å². The van der Waals surface area contributed by atoms with Gasteiger partial charge in [-0.05, 0) is 252 Å². The van der Waals surface area contributed by atoms with E-state index in [-0.39, 0.29) is 48.1 Å². The first-order chi connectivity index (χ1) is 37.4. The van der Waals surface area contributed by atoms with Gasteiger partial charge < -0.3 is 44.1 Å². The second kappa shape index (κ2) is 27.2. The van der Waals surface area contributed by atoms with Gasteiger partial charge in [-0.25, -0.2) is 25.9 Å². The van der Waals surface area contributed by atoms with E-state index < -0.39 is 56.5 Å². The van der Waals surface area contributed by atoms with Crippen LogP contribution in [0, 0.1) is 31.7 Å². The number of halogens is 5. The molecule has 79 heavy (non-hydrogen) atoms. The Hall–Kier alpha value is -4.26. The normalized spacial score (nSPS) is 12.0. The largest absolute Gasteiger partial charge is 0.508 e. The number of aromatic nitrogens is 1. The summed E-state index contributed by atoms with van der Waals surface area (Å²) in [5.41, 5.74) is 3.65. The number of hydrogen-bond donors (Lipinski definition) is 5. The molecule has 7 rings (SSSR count).